The van der Waals surface area contributed by atoms with Gasteiger partial charge in [-0.3, -0.25) is 4.79 Å². The van der Waals surface area contributed by atoms with Crippen molar-refractivity contribution in [2.75, 3.05) is 25.5 Å². The normalized spacial score (nSPS) is 15.2. The van der Waals surface area contributed by atoms with Crippen molar-refractivity contribution < 1.29 is 9.18 Å². The monoisotopic (exact) mass is 580 g/mol. The van der Waals surface area contributed by atoms with Gasteiger partial charge in [0.15, 0.2) is 5.65 Å². The standard InChI is InChI=1S/C27H28BrFN6O.C2H6/c1-34-14-4-5-20(34)12-13-30-27(36)19-10-8-18(9-11-19)16-31-25-15-24(21-6-2-3-7-23(21)29)33-26-22(28)17-32-35(25)26;1-2/h2-3,6-11,15,17,20,31H,4-5,12-14,16H2,1H3,(H,30,36);1-2H3. The highest BCUT2D eigenvalue weighted by Gasteiger charge is 2.20. The number of carbonyl (C=O) groups is 1. The van der Waals surface area contributed by atoms with Crippen molar-refractivity contribution in [2.24, 2.45) is 0 Å². The molecule has 1 aliphatic rings. The lowest BCUT2D eigenvalue weighted by Gasteiger charge is -2.19. The van der Waals surface area contributed by atoms with Gasteiger partial charge in [-0.2, -0.15) is 9.61 Å². The first-order chi connectivity index (χ1) is 18.5. The van der Waals surface area contributed by atoms with Crippen molar-refractivity contribution in [3.63, 3.8) is 0 Å². The Morgan fingerprint density at radius 1 is 1.16 bits per heavy atom. The highest BCUT2D eigenvalue weighted by atomic mass is 79.9. The predicted octanol–water partition coefficient (Wildman–Crippen LogP) is 6.15. The molecule has 0 bridgehead atoms. The Labute approximate surface area is 231 Å². The van der Waals surface area contributed by atoms with E-state index in [9.17, 15) is 9.18 Å². The molecular weight excluding hydrogens is 547 g/mol. The number of likely N-dealkylation sites (tertiary alicyclic amines) is 1. The first-order valence-electron chi connectivity index (χ1n) is 13.1. The maximum absolute atomic E-state index is 14.4. The third-order valence-corrected chi connectivity index (χ3v) is 7.26. The summed E-state index contributed by atoms with van der Waals surface area (Å²) in [6, 6.07) is 16.5. The second-order valence-corrected chi connectivity index (χ2v) is 9.96. The Hall–Kier alpha value is -3.30. The largest absolute Gasteiger partial charge is 0.366 e. The van der Waals surface area contributed by atoms with Crippen LogP contribution in [0.25, 0.3) is 16.9 Å². The van der Waals surface area contributed by atoms with Crippen LogP contribution in [0.4, 0.5) is 10.2 Å². The molecule has 1 unspecified atom stereocenters. The summed E-state index contributed by atoms with van der Waals surface area (Å²) in [5.41, 5.74) is 3.17. The van der Waals surface area contributed by atoms with E-state index in [-0.39, 0.29) is 11.7 Å². The second-order valence-electron chi connectivity index (χ2n) is 9.11. The van der Waals surface area contributed by atoms with Gasteiger partial charge < -0.3 is 15.5 Å². The van der Waals surface area contributed by atoms with Gasteiger partial charge in [-0.05, 0) is 78.6 Å². The van der Waals surface area contributed by atoms with Crippen LogP contribution in [0.3, 0.4) is 0 Å². The lowest BCUT2D eigenvalue weighted by atomic mass is 10.1. The number of hydrogen-bond donors (Lipinski definition) is 2. The zero-order valence-electron chi connectivity index (χ0n) is 22.0. The summed E-state index contributed by atoms with van der Waals surface area (Å²) < 4.78 is 16.8. The molecule has 0 spiro atoms. The van der Waals surface area contributed by atoms with E-state index in [2.05, 4.69) is 48.6 Å². The summed E-state index contributed by atoms with van der Waals surface area (Å²) in [6.07, 6.45) is 5.08. The highest BCUT2D eigenvalue weighted by molar-refractivity contribution is 9.10. The average Bonchev–Trinajstić information content (AvgIpc) is 3.53. The summed E-state index contributed by atoms with van der Waals surface area (Å²) in [6.45, 7) is 6.32. The van der Waals surface area contributed by atoms with E-state index >= 15 is 0 Å². The number of amides is 1. The van der Waals surface area contributed by atoms with Crippen molar-refractivity contribution in [1.29, 1.82) is 0 Å². The minimum absolute atomic E-state index is 0.0538. The summed E-state index contributed by atoms with van der Waals surface area (Å²) >= 11 is 3.48. The number of aromatic nitrogens is 3. The van der Waals surface area contributed by atoms with Gasteiger partial charge in [-0.1, -0.05) is 38.1 Å². The molecule has 4 aromatic rings. The Balaban J connectivity index is 0.00000164. The van der Waals surface area contributed by atoms with Gasteiger partial charge in [0.05, 0.1) is 16.4 Å². The second kappa shape index (κ2) is 13.0. The van der Waals surface area contributed by atoms with Crippen LogP contribution < -0.4 is 10.6 Å². The van der Waals surface area contributed by atoms with Crippen LogP contribution in [0.5, 0.6) is 0 Å². The molecule has 0 aliphatic carbocycles. The molecule has 0 saturated carbocycles. The maximum atomic E-state index is 14.4. The molecule has 0 radical (unpaired) electrons. The minimum atomic E-state index is -0.333. The Bertz CT molecular complexity index is 1370. The lowest BCUT2D eigenvalue weighted by Crippen LogP contribution is -2.31. The first-order valence-corrected chi connectivity index (χ1v) is 13.9. The van der Waals surface area contributed by atoms with Crippen LogP contribution >= 0.6 is 15.9 Å². The third kappa shape index (κ3) is 6.39. The molecule has 7 nitrogen and oxygen atoms in total. The van der Waals surface area contributed by atoms with Crippen LogP contribution in [-0.4, -0.2) is 51.6 Å². The van der Waals surface area contributed by atoms with Crippen LogP contribution in [0.1, 0.15) is 49.0 Å². The number of nitrogens with one attached hydrogen (secondary N) is 2. The van der Waals surface area contributed by atoms with E-state index < -0.39 is 0 Å². The Morgan fingerprint density at radius 3 is 2.63 bits per heavy atom. The molecule has 1 aliphatic heterocycles. The number of carbonyl (C=O) groups excluding carboxylic acids is 1. The minimum Gasteiger partial charge on any atom is -0.366 e. The lowest BCUT2D eigenvalue weighted by molar-refractivity contribution is 0.0950. The van der Waals surface area contributed by atoms with E-state index in [1.807, 2.05) is 38.1 Å². The van der Waals surface area contributed by atoms with Crippen molar-refractivity contribution in [1.82, 2.24) is 24.8 Å². The zero-order chi connectivity index (χ0) is 27.1. The molecule has 2 aromatic heterocycles. The number of nitrogens with zero attached hydrogens (tertiary/aromatic N) is 4. The molecule has 2 aromatic carbocycles. The topological polar surface area (TPSA) is 74.6 Å². The van der Waals surface area contributed by atoms with E-state index in [0.29, 0.717) is 47.4 Å². The first kappa shape index (κ1) is 27.7. The molecular formula is C29H34BrFN6O. The fourth-order valence-corrected chi connectivity index (χ4v) is 4.98. The van der Waals surface area contributed by atoms with Gasteiger partial charge in [0.2, 0.25) is 0 Å². The van der Waals surface area contributed by atoms with Gasteiger partial charge in [0, 0.05) is 36.3 Å². The molecule has 38 heavy (non-hydrogen) atoms. The fourth-order valence-electron chi connectivity index (χ4n) is 4.63. The fraction of sp³-hybridized carbons (Fsp3) is 0.345. The Kier molecular flexibility index (Phi) is 9.47. The van der Waals surface area contributed by atoms with E-state index in [0.717, 1.165) is 23.0 Å². The van der Waals surface area contributed by atoms with Gasteiger partial charge in [-0.25, -0.2) is 9.37 Å². The number of fused-ring (bicyclic) bond motifs is 1. The van der Waals surface area contributed by atoms with Crippen molar-refractivity contribution >= 4 is 33.3 Å². The van der Waals surface area contributed by atoms with E-state index in [1.54, 1.807) is 35.0 Å². The van der Waals surface area contributed by atoms with Crippen molar-refractivity contribution in [3.05, 3.63) is 82.2 Å². The van der Waals surface area contributed by atoms with Crippen LogP contribution in [-0.2, 0) is 6.54 Å². The van der Waals surface area contributed by atoms with Crippen LogP contribution in [0.2, 0.25) is 0 Å². The van der Waals surface area contributed by atoms with Gasteiger partial charge in [-0.15, -0.1) is 0 Å². The quantitative estimate of drug-likeness (QED) is 0.261. The summed E-state index contributed by atoms with van der Waals surface area (Å²) in [5, 5.41) is 10.8. The number of benzene rings is 2. The van der Waals surface area contributed by atoms with Gasteiger partial charge >= 0.3 is 0 Å². The predicted molar refractivity (Wildman–Crippen MR) is 154 cm³/mol. The van der Waals surface area contributed by atoms with Crippen molar-refractivity contribution in [2.45, 2.75) is 45.7 Å². The summed E-state index contributed by atoms with van der Waals surface area (Å²) in [4.78, 5) is 19.5. The van der Waals surface area contributed by atoms with Gasteiger partial charge in [0.1, 0.15) is 11.6 Å². The average molecular weight is 582 g/mol. The molecule has 200 valence electrons. The van der Waals surface area contributed by atoms with Gasteiger partial charge in [0.25, 0.3) is 5.91 Å². The molecule has 9 heteroatoms. The number of anilines is 1. The van der Waals surface area contributed by atoms with E-state index in [1.165, 1.54) is 18.9 Å². The van der Waals surface area contributed by atoms with Crippen LogP contribution in [0, 0.1) is 5.82 Å². The zero-order valence-corrected chi connectivity index (χ0v) is 23.6. The van der Waals surface area contributed by atoms with Crippen molar-refractivity contribution in [3.8, 4) is 11.3 Å². The highest BCUT2D eigenvalue weighted by Crippen LogP contribution is 2.27. The Morgan fingerprint density at radius 2 is 1.92 bits per heavy atom. The molecule has 3 heterocycles. The third-order valence-electron chi connectivity index (χ3n) is 6.70. The molecule has 1 fully saturated rings. The maximum Gasteiger partial charge on any atom is 0.251 e. The van der Waals surface area contributed by atoms with E-state index in [4.69, 9.17) is 0 Å². The molecule has 1 atom stereocenters. The smallest absolute Gasteiger partial charge is 0.251 e. The summed E-state index contributed by atoms with van der Waals surface area (Å²) in [5.74, 6) is 0.296. The number of rotatable bonds is 8. The molecule has 5 rings (SSSR count). The molecule has 2 N–H and O–H groups in total. The number of hydrogen-bond acceptors (Lipinski definition) is 5. The van der Waals surface area contributed by atoms with Crippen LogP contribution in [0.15, 0.2) is 65.3 Å². The number of halogens is 2. The molecule has 1 saturated heterocycles. The molecule has 1 amide bonds. The SMILES string of the molecule is CC.CN1CCCC1CCNC(=O)c1ccc(CNc2cc(-c3ccccc3F)nc3c(Br)cnn23)cc1. The summed E-state index contributed by atoms with van der Waals surface area (Å²) in [7, 11) is 2.15.